The third-order valence-electron chi connectivity index (χ3n) is 5.32. The number of pyridine rings is 1. The zero-order valence-electron chi connectivity index (χ0n) is 18.3. The quantitative estimate of drug-likeness (QED) is 0.502. The number of alkyl halides is 3. The number of aromatic nitrogens is 5. The Balaban J connectivity index is 1.73. The summed E-state index contributed by atoms with van der Waals surface area (Å²) in [6, 6.07) is 7.83. The van der Waals surface area contributed by atoms with Crippen LogP contribution in [0.3, 0.4) is 0 Å². The van der Waals surface area contributed by atoms with Crippen molar-refractivity contribution >= 4 is 28.4 Å². The van der Waals surface area contributed by atoms with Crippen LogP contribution in [0, 0.1) is 13.8 Å². The van der Waals surface area contributed by atoms with Crippen LogP contribution in [-0.2, 0) is 13.2 Å². The first-order valence-electron chi connectivity index (χ1n) is 9.86. The highest BCUT2D eigenvalue weighted by atomic mass is 19.4. The minimum Gasteiger partial charge on any atom is -0.382 e. The van der Waals surface area contributed by atoms with E-state index in [1.165, 1.54) is 16.5 Å². The Bertz CT molecular complexity index is 1400. The van der Waals surface area contributed by atoms with Gasteiger partial charge in [-0.25, -0.2) is 15.0 Å². The Labute approximate surface area is 186 Å². The Morgan fingerprint density at radius 2 is 1.76 bits per heavy atom. The maximum atomic E-state index is 13.1. The van der Waals surface area contributed by atoms with Crippen molar-refractivity contribution in [3.8, 4) is 11.4 Å². The van der Waals surface area contributed by atoms with Crippen molar-refractivity contribution in [1.29, 1.82) is 0 Å². The van der Waals surface area contributed by atoms with Gasteiger partial charge in [0.15, 0.2) is 11.6 Å². The van der Waals surface area contributed by atoms with Crippen molar-refractivity contribution in [3.05, 3.63) is 59.0 Å². The summed E-state index contributed by atoms with van der Waals surface area (Å²) in [6.45, 7) is 3.35. The van der Waals surface area contributed by atoms with Gasteiger partial charge in [0.05, 0.1) is 5.52 Å². The number of nitrogen functional groups attached to an aromatic ring is 1. The summed E-state index contributed by atoms with van der Waals surface area (Å²) >= 11 is 0. The zero-order valence-corrected chi connectivity index (χ0v) is 18.3. The molecule has 4 rings (SSSR count). The van der Waals surface area contributed by atoms with E-state index >= 15 is 0 Å². The molecule has 1 amide bonds. The molecule has 0 aliphatic carbocycles. The van der Waals surface area contributed by atoms with Gasteiger partial charge in [-0.2, -0.15) is 18.3 Å². The summed E-state index contributed by atoms with van der Waals surface area (Å²) in [4.78, 5) is 26.5. The van der Waals surface area contributed by atoms with Gasteiger partial charge < -0.3 is 10.6 Å². The van der Waals surface area contributed by atoms with Crippen molar-refractivity contribution in [1.82, 2.24) is 24.7 Å². The van der Waals surface area contributed by atoms with Gasteiger partial charge in [0, 0.05) is 31.5 Å². The molecule has 4 aromatic rings. The van der Waals surface area contributed by atoms with Crippen LogP contribution >= 0.6 is 0 Å². The predicted molar refractivity (Wildman–Crippen MR) is 118 cm³/mol. The number of carbonyl (C=O) groups excluding carboxylic acids is 1. The van der Waals surface area contributed by atoms with E-state index in [1.807, 2.05) is 6.92 Å². The van der Waals surface area contributed by atoms with E-state index < -0.39 is 11.9 Å². The Kier molecular flexibility index (Phi) is 5.27. The van der Waals surface area contributed by atoms with Crippen LogP contribution in [0.5, 0.6) is 0 Å². The SMILES string of the molecule is Cc1cc(-c2nc(N)c3nc(C(F)(F)F)cc(C)c3n2)ccc1N(C)C(=O)c1ccnn1C. The van der Waals surface area contributed by atoms with Gasteiger partial charge in [0.25, 0.3) is 5.91 Å². The van der Waals surface area contributed by atoms with Crippen LogP contribution in [0.4, 0.5) is 24.7 Å². The van der Waals surface area contributed by atoms with Crippen molar-refractivity contribution in [3.63, 3.8) is 0 Å². The molecule has 0 radical (unpaired) electrons. The lowest BCUT2D eigenvalue weighted by molar-refractivity contribution is -0.141. The van der Waals surface area contributed by atoms with Gasteiger partial charge in [0.2, 0.25) is 0 Å². The lowest BCUT2D eigenvalue weighted by Crippen LogP contribution is -2.28. The molecule has 11 heteroatoms. The third-order valence-corrected chi connectivity index (χ3v) is 5.32. The summed E-state index contributed by atoms with van der Waals surface area (Å²) in [5.74, 6) is -0.117. The molecular formula is C22H20F3N7O. The third kappa shape index (κ3) is 3.97. The summed E-state index contributed by atoms with van der Waals surface area (Å²) in [7, 11) is 3.35. The van der Waals surface area contributed by atoms with Gasteiger partial charge in [-0.1, -0.05) is 0 Å². The molecule has 0 saturated carbocycles. The fraction of sp³-hybridized carbons (Fsp3) is 0.227. The number of rotatable bonds is 3. The van der Waals surface area contributed by atoms with E-state index in [2.05, 4.69) is 20.1 Å². The van der Waals surface area contributed by atoms with Gasteiger partial charge in [-0.15, -0.1) is 0 Å². The zero-order chi connectivity index (χ0) is 24.1. The minimum atomic E-state index is -4.60. The average molecular weight is 455 g/mol. The summed E-state index contributed by atoms with van der Waals surface area (Å²) in [5.41, 5.74) is 7.84. The molecule has 3 heterocycles. The van der Waals surface area contributed by atoms with Crippen LogP contribution in [0.2, 0.25) is 0 Å². The minimum absolute atomic E-state index is 0.0964. The number of nitrogens with zero attached hydrogens (tertiary/aromatic N) is 6. The molecule has 0 bridgehead atoms. The van der Waals surface area contributed by atoms with Crippen LogP contribution in [-0.4, -0.2) is 37.7 Å². The second-order valence-electron chi connectivity index (χ2n) is 7.66. The van der Waals surface area contributed by atoms with Crippen molar-refractivity contribution in [2.75, 3.05) is 17.7 Å². The van der Waals surface area contributed by atoms with Crippen molar-refractivity contribution in [2.24, 2.45) is 7.05 Å². The molecule has 0 aliphatic heterocycles. The lowest BCUT2D eigenvalue weighted by Gasteiger charge is -2.20. The molecule has 0 fully saturated rings. The highest BCUT2D eigenvalue weighted by Crippen LogP contribution is 2.33. The first-order valence-corrected chi connectivity index (χ1v) is 9.86. The number of hydrogen-bond acceptors (Lipinski definition) is 6. The smallest absolute Gasteiger partial charge is 0.382 e. The van der Waals surface area contributed by atoms with Gasteiger partial charge in [-0.3, -0.25) is 9.48 Å². The molecule has 0 unspecified atom stereocenters. The average Bonchev–Trinajstić information content (AvgIpc) is 3.18. The molecule has 33 heavy (non-hydrogen) atoms. The molecule has 0 aliphatic rings. The molecule has 8 nitrogen and oxygen atoms in total. The standard InChI is InChI=1S/C22H20F3N7O/c1-11-9-13(5-6-14(11)31(3)21(33)15-7-8-27-32(15)4)20-29-17-12(2)10-16(22(23,24)25)28-18(17)19(26)30-20/h5-10H,1-4H3,(H2,26,29,30). The maximum Gasteiger partial charge on any atom is 0.433 e. The van der Waals surface area contributed by atoms with Crippen LogP contribution < -0.4 is 10.6 Å². The van der Waals surface area contributed by atoms with E-state index in [9.17, 15) is 18.0 Å². The largest absolute Gasteiger partial charge is 0.433 e. The number of anilines is 2. The molecule has 3 aromatic heterocycles. The van der Waals surface area contributed by atoms with Gasteiger partial charge in [-0.05, 0) is 55.3 Å². The number of halogens is 3. The van der Waals surface area contributed by atoms with Crippen molar-refractivity contribution in [2.45, 2.75) is 20.0 Å². The summed E-state index contributed by atoms with van der Waals surface area (Å²) in [6.07, 6.45) is -3.05. The van der Waals surface area contributed by atoms with Crippen LogP contribution in [0.15, 0.2) is 36.5 Å². The second kappa shape index (κ2) is 7.84. The van der Waals surface area contributed by atoms with Crippen LogP contribution in [0.1, 0.15) is 27.3 Å². The number of hydrogen-bond donors (Lipinski definition) is 1. The van der Waals surface area contributed by atoms with E-state index in [0.717, 1.165) is 11.6 Å². The highest BCUT2D eigenvalue weighted by Gasteiger charge is 2.33. The van der Waals surface area contributed by atoms with Gasteiger partial charge in [0.1, 0.15) is 16.9 Å². The van der Waals surface area contributed by atoms with E-state index in [0.29, 0.717) is 16.9 Å². The topological polar surface area (TPSA) is 103 Å². The van der Waals surface area contributed by atoms with E-state index in [1.54, 1.807) is 44.6 Å². The van der Waals surface area contributed by atoms with E-state index in [4.69, 9.17) is 5.73 Å². The van der Waals surface area contributed by atoms with E-state index in [-0.39, 0.29) is 34.1 Å². The number of benzene rings is 1. The number of aryl methyl sites for hydroxylation is 3. The normalized spacial score (nSPS) is 11.7. The molecule has 0 atom stereocenters. The number of nitrogens with two attached hydrogens (primary N) is 1. The van der Waals surface area contributed by atoms with Crippen molar-refractivity contribution < 1.29 is 18.0 Å². The lowest BCUT2D eigenvalue weighted by atomic mass is 10.1. The fourth-order valence-electron chi connectivity index (χ4n) is 3.59. The molecule has 0 saturated heterocycles. The molecule has 2 N–H and O–H groups in total. The molecule has 170 valence electrons. The maximum absolute atomic E-state index is 13.1. The summed E-state index contributed by atoms with van der Waals surface area (Å²) in [5, 5.41) is 4.02. The monoisotopic (exact) mass is 455 g/mol. The summed E-state index contributed by atoms with van der Waals surface area (Å²) < 4.78 is 40.8. The first-order chi connectivity index (χ1) is 15.5. The Hall–Kier alpha value is -4.02. The highest BCUT2D eigenvalue weighted by molar-refractivity contribution is 6.05. The van der Waals surface area contributed by atoms with Crippen LogP contribution in [0.25, 0.3) is 22.4 Å². The Morgan fingerprint density at radius 1 is 1.03 bits per heavy atom. The second-order valence-corrected chi connectivity index (χ2v) is 7.66. The molecular weight excluding hydrogens is 435 g/mol. The number of fused-ring (bicyclic) bond motifs is 1. The first kappa shape index (κ1) is 22.2. The predicted octanol–water partition coefficient (Wildman–Crippen LogP) is 3.92. The number of amides is 1. The fourth-order valence-corrected chi connectivity index (χ4v) is 3.59. The Morgan fingerprint density at radius 3 is 2.36 bits per heavy atom. The van der Waals surface area contributed by atoms with Gasteiger partial charge >= 0.3 is 6.18 Å². The molecule has 0 spiro atoms. The number of carbonyl (C=O) groups is 1. The molecule has 1 aromatic carbocycles.